The third kappa shape index (κ3) is 4.30. The third-order valence-electron chi connectivity index (χ3n) is 2.76. The van der Waals surface area contributed by atoms with Crippen molar-refractivity contribution in [3.8, 4) is 0 Å². The van der Waals surface area contributed by atoms with Gasteiger partial charge < -0.3 is 10.6 Å². The highest BCUT2D eigenvalue weighted by molar-refractivity contribution is 7.84. The summed E-state index contributed by atoms with van der Waals surface area (Å²) in [6, 6.07) is -0.0451. The van der Waals surface area contributed by atoms with Crippen LogP contribution in [0.4, 0.5) is 0 Å². The number of nitrogens with one attached hydrogen (secondary N) is 2. The van der Waals surface area contributed by atoms with Crippen molar-refractivity contribution < 1.29 is 9.00 Å². The van der Waals surface area contributed by atoms with E-state index in [2.05, 4.69) is 10.6 Å². The summed E-state index contributed by atoms with van der Waals surface area (Å²) in [7, 11) is -0.867. The van der Waals surface area contributed by atoms with Crippen molar-refractivity contribution >= 4 is 16.7 Å². The quantitative estimate of drug-likeness (QED) is 0.718. The number of carbonyl (C=O) groups excluding carboxylic acids is 1. The lowest BCUT2D eigenvalue weighted by Crippen LogP contribution is -2.48. The van der Waals surface area contributed by atoms with Crippen LogP contribution >= 0.6 is 0 Å². The van der Waals surface area contributed by atoms with E-state index in [1.54, 1.807) is 6.26 Å². The molecule has 1 aliphatic rings. The normalized spacial score (nSPS) is 25.6. The zero-order valence-electron chi connectivity index (χ0n) is 9.41. The maximum atomic E-state index is 11.7. The number of amides is 1. The lowest BCUT2D eigenvalue weighted by atomic mass is 10.0. The molecule has 1 fully saturated rings. The topological polar surface area (TPSA) is 58.2 Å². The van der Waals surface area contributed by atoms with Crippen molar-refractivity contribution in [2.24, 2.45) is 0 Å². The van der Waals surface area contributed by atoms with Crippen LogP contribution in [0.3, 0.4) is 0 Å². The van der Waals surface area contributed by atoms with Crippen LogP contribution in [0.5, 0.6) is 0 Å². The van der Waals surface area contributed by atoms with Crippen molar-refractivity contribution in [3.63, 3.8) is 0 Å². The second-order valence-corrected chi connectivity index (χ2v) is 5.86. The van der Waals surface area contributed by atoms with Gasteiger partial charge in [0.2, 0.25) is 5.91 Å². The SMILES string of the molecule is CC(CNC(=O)[C@@H]1CCCCN1)S(C)=O. The Balaban J connectivity index is 2.25. The smallest absolute Gasteiger partial charge is 0.237 e. The van der Waals surface area contributed by atoms with Crippen LogP contribution in [0.1, 0.15) is 26.2 Å². The Bertz CT molecular complexity index is 240. The van der Waals surface area contributed by atoms with Gasteiger partial charge in [-0.05, 0) is 26.3 Å². The van der Waals surface area contributed by atoms with Gasteiger partial charge in [-0.2, -0.15) is 0 Å². The molecule has 1 amide bonds. The molecule has 0 aromatic carbocycles. The van der Waals surface area contributed by atoms with Crippen LogP contribution in [-0.2, 0) is 15.6 Å². The summed E-state index contributed by atoms with van der Waals surface area (Å²) in [6.07, 6.45) is 4.84. The molecule has 1 saturated heterocycles. The van der Waals surface area contributed by atoms with Crippen molar-refractivity contribution in [3.05, 3.63) is 0 Å². The average Bonchev–Trinajstić information content (AvgIpc) is 2.26. The molecular weight excluding hydrogens is 212 g/mol. The third-order valence-corrected chi connectivity index (χ3v) is 4.06. The van der Waals surface area contributed by atoms with E-state index in [4.69, 9.17) is 0 Å². The van der Waals surface area contributed by atoms with Gasteiger partial charge in [0.05, 0.1) is 6.04 Å². The summed E-state index contributed by atoms with van der Waals surface area (Å²) in [5.41, 5.74) is 0. The van der Waals surface area contributed by atoms with Crippen molar-refractivity contribution in [2.45, 2.75) is 37.5 Å². The van der Waals surface area contributed by atoms with Crippen LogP contribution in [0.2, 0.25) is 0 Å². The first-order chi connectivity index (χ1) is 7.11. The van der Waals surface area contributed by atoms with E-state index >= 15 is 0 Å². The first kappa shape index (κ1) is 12.6. The zero-order chi connectivity index (χ0) is 11.3. The fourth-order valence-corrected chi connectivity index (χ4v) is 1.88. The molecule has 1 aliphatic heterocycles. The number of hydrogen-bond donors (Lipinski definition) is 2. The van der Waals surface area contributed by atoms with Gasteiger partial charge in [0.15, 0.2) is 0 Å². The molecule has 3 atom stereocenters. The lowest BCUT2D eigenvalue weighted by molar-refractivity contribution is -0.123. The molecule has 1 heterocycles. The van der Waals surface area contributed by atoms with Crippen molar-refractivity contribution in [1.29, 1.82) is 0 Å². The molecule has 0 saturated carbocycles. The summed E-state index contributed by atoms with van der Waals surface area (Å²) in [5.74, 6) is 0.0481. The highest BCUT2D eigenvalue weighted by atomic mass is 32.2. The second kappa shape index (κ2) is 6.23. The Kier molecular flexibility index (Phi) is 5.25. The van der Waals surface area contributed by atoms with Gasteiger partial charge in [-0.15, -0.1) is 0 Å². The molecule has 0 aromatic rings. The van der Waals surface area contributed by atoms with E-state index in [0.717, 1.165) is 25.8 Å². The summed E-state index contributed by atoms with van der Waals surface area (Å²) < 4.78 is 11.1. The highest BCUT2D eigenvalue weighted by Gasteiger charge is 2.20. The number of rotatable bonds is 4. The predicted molar refractivity (Wildman–Crippen MR) is 62.2 cm³/mol. The van der Waals surface area contributed by atoms with Crippen LogP contribution in [0.25, 0.3) is 0 Å². The highest BCUT2D eigenvalue weighted by Crippen LogP contribution is 2.06. The zero-order valence-corrected chi connectivity index (χ0v) is 10.2. The Labute approximate surface area is 93.7 Å². The monoisotopic (exact) mass is 232 g/mol. The minimum absolute atomic E-state index is 0.0255. The summed E-state index contributed by atoms with van der Waals surface area (Å²) in [5, 5.41) is 6.05. The minimum Gasteiger partial charge on any atom is -0.354 e. The Morgan fingerprint density at radius 1 is 1.60 bits per heavy atom. The molecule has 15 heavy (non-hydrogen) atoms. The summed E-state index contributed by atoms with van der Waals surface area (Å²) >= 11 is 0. The van der Waals surface area contributed by atoms with Crippen LogP contribution in [0.15, 0.2) is 0 Å². The molecule has 0 spiro atoms. The van der Waals surface area contributed by atoms with Gasteiger partial charge in [0.1, 0.15) is 0 Å². The predicted octanol–water partition coefficient (Wildman–Crippen LogP) is 0.0117. The van der Waals surface area contributed by atoms with E-state index in [1.807, 2.05) is 6.92 Å². The van der Waals surface area contributed by atoms with Gasteiger partial charge in [-0.3, -0.25) is 9.00 Å². The number of carbonyl (C=O) groups is 1. The largest absolute Gasteiger partial charge is 0.354 e. The van der Waals surface area contributed by atoms with Crippen molar-refractivity contribution in [2.75, 3.05) is 19.3 Å². The van der Waals surface area contributed by atoms with Gasteiger partial charge in [-0.1, -0.05) is 6.42 Å². The van der Waals surface area contributed by atoms with Gasteiger partial charge >= 0.3 is 0 Å². The summed E-state index contributed by atoms with van der Waals surface area (Å²) in [6.45, 7) is 3.30. The molecule has 0 aliphatic carbocycles. The van der Waals surface area contributed by atoms with E-state index in [9.17, 15) is 9.00 Å². The minimum atomic E-state index is -0.867. The Morgan fingerprint density at radius 3 is 2.87 bits per heavy atom. The van der Waals surface area contributed by atoms with Gasteiger partial charge in [-0.25, -0.2) is 0 Å². The molecule has 2 N–H and O–H groups in total. The molecule has 5 heteroatoms. The molecule has 88 valence electrons. The van der Waals surface area contributed by atoms with Gasteiger partial charge in [0.25, 0.3) is 0 Å². The van der Waals surface area contributed by atoms with E-state index in [-0.39, 0.29) is 17.2 Å². The molecule has 0 radical (unpaired) electrons. The van der Waals surface area contributed by atoms with Gasteiger partial charge in [0, 0.05) is 28.9 Å². The lowest BCUT2D eigenvalue weighted by Gasteiger charge is -2.23. The molecule has 0 aromatic heterocycles. The maximum Gasteiger partial charge on any atom is 0.237 e. The average molecular weight is 232 g/mol. The fraction of sp³-hybridized carbons (Fsp3) is 0.900. The van der Waals surface area contributed by atoms with Crippen molar-refractivity contribution in [1.82, 2.24) is 10.6 Å². The van der Waals surface area contributed by atoms with Crippen LogP contribution < -0.4 is 10.6 Å². The molecule has 2 unspecified atom stereocenters. The Hall–Kier alpha value is -0.420. The van der Waals surface area contributed by atoms with E-state index in [0.29, 0.717) is 6.54 Å². The van der Waals surface area contributed by atoms with E-state index < -0.39 is 10.8 Å². The molecule has 0 bridgehead atoms. The van der Waals surface area contributed by atoms with E-state index in [1.165, 1.54) is 0 Å². The standard InChI is InChI=1S/C10H20N2O2S/c1-8(15(2)14)7-12-10(13)9-5-3-4-6-11-9/h8-9,11H,3-7H2,1-2H3,(H,12,13)/t8?,9-,15?/m0/s1. The molecule has 4 nitrogen and oxygen atoms in total. The van der Waals surface area contributed by atoms with Crippen LogP contribution in [-0.4, -0.2) is 40.8 Å². The number of hydrogen-bond acceptors (Lipinski definition) is 3. The molecule has 1 rings (SSSR count). The number of piperidine rings is 1. The summed E-state index contributed by atoms with van der Waals surface area (Å²) in [4.78, 5) is 11.7. The first-order valence-corrected chi connectivity index (χ1v) is 7.06. The fourth-order valence-electron chi connectivity index (χ4n) is 1.56. The van der Waals surface area contributed by atoms with Crippen LogP contribution in [0, 0.1) is 0 Å². The molecular formula is C10H20N2O2S. The second-order valence-electron chi connectivity index (χ2n) is 4.06. The maximum absolute atomic E-state index is 11.7. The Morgan fingerprint density at radius 2 is 2.33 bits per heavy atom. The first-order valence-electron chi connectivity index (χ1n) is 5.44.